The van der Waals surface area contributed by atoms with Gasteiger partial charge in [-0.1, -0.05) is 25.4 Å². The number of aromatic nitrogens is 3. The molecule has 0 fully saturated rings. The van der Waals surface area contributed by atoms with Crippen LogP contribution in [-0.4, -0.2) is 15.0 Å². The van der Waals surface area contributed by atoms with E-state index in [2.05, 4.69) is 15.0 Å². The minimum absolute atomic E-state index is 0.524. The highest BCUT2D eigenvalue weighted by Gasteiger charge is 2.06. The normalized spacial score (nSPS) is 9.79. The van der Waals surface area contributed by atoms with Gasteiger partial charge in [0.15, 0.2) is 0 Å². The average Bonchev–Trinajstić information content (AvgIpc) is 2.51. The molecule has 0 spiro atoms. The summed E-state index contributed by atoms with van der Waals surface area (Å²) in [6, 6.07) is 0. The lowest BCUT2D eigenvalue weighted by atomic mass is 10.3. The topological polar surface area (TPSA) is 41.6 Å². The summed E-state index contributed by atoms with van der Waals surface area (Å²) >= 11 is 5.94. The third-order valence-corrected chi connectivity index (χ3v) is 2.07. The van der Waals surface area contributed by atoms with E-state index in [1.807, 2.05) is 33.9 Å². The van der Waals surface area contributed by atoms with Crippen LogP contribution in [0.1, 0.15) is 25.2 Å². The summed E-state index contributed by atoms with van der Waals surface area (Å²) in [6.07, 6.45) is 1.88. The Balaban J connectivity index is 0.000000461. The highest BCUT2D eigenvalue weighted by atomic mass is 35.5. The summed E-state index contributed by atoms with van der Waals surface area (Å²) in [5.74, 6) is 0.689. The molecule has 3 nitrogen and oxygen atoms in total. The monoisotopic (exact) mass is 211 g/mol. The van der Waals surface area contributed by atoms with Gasteiger partial charge in [-0.05, 0) is 19.4 Å². The summed E-state index contributed by atoms with van der Waals surface area (Å²) in [4.78, 5) is 11.3. The van der Waals surface area contributed by atoms with E-state index in [0.29, 0.717) is 11.0 Å². The Morgan fingerprint density at radius 3 is 2.50 bits per heavy atom. The number of rotatable bonds is 0. The SMILES string of the molecule is CC.Cc1nc(Cl)c2c(C)c[nH]c2n1. The number of aromatic amines is 1. The van der Waals surface area contributed by atoms with E-state index in [1.165, 1.54) is 0 Å². The van der Waals surface area contributed by atoms with Gasteiger partial charge in [-0.15, -0.1) is 0 Å². The van der Waals surface area contributed by atoms with E-state index < -0.39 is 0 Å². The molecule has 1 N–H and O–H groups in total. The summed E-state index contributed by atoms with van der Waals surface area (Å²) < 4.78 is 0. The molecular formula is C10H14ClN3. The predicted octanol–water partition coefficient (Wildman–Crippen LogP) is 3.25. The number of hydrogen-bond acceptors (Lipinski definition) is 2. The zero-order valence-corrected chi connectivity index (χ0v) is 9.61. The molecule has 0 saturated heterocycles. The Kier molecular flexibility index (Phi) is 3.47. The molecule has 0 aliphatic heterocycles. The van der Waals surface area contributed by atoms with Crippen LogP contribution in [0.3, 0.4) is 0 Å². The molecule has 0 aliphatic rings. The van der Waals surface area contributed by atoms with Crippen LogP contribution in [0.15, 0.2) is 6.20 Å². The average molecular weight is 212 g/mol. The van der Waals surface area contributed by atoms with Crippen LogP contribution in [0, 0.1) is 13.8 Å². The van der Waals surface area contributed by atoms with E-state index in [4.69, 9.17) is 11.6 Å². The summed E-state index contributed by atoms with van der Waals surface area (Å²) in [6.45, 7) is 7.80. The van der Waals surface area contributed by atoms with Gasteiger partial charge < -0.3 is 4.98 Å². The largest absolute Gasteiger partial charge is 0.346 e. The first kappa shape index (κ1) is 11.0. The van der Waals surface area contributed by atoms with Gasteiger partial charge in [-0.3, -0.25) is 0 Å². The highest BCUT2D eigenvalue weighted by molar-refractivity contribution is 6.34. The van der Waals surface area contributed by atoms with Crippen molar-refractivity contribution in [1.29, 1.82) is 0 Å². The van der Waals surface area contributed by atoms with Crippen molar-refractivity contribution in [2.75, 3.05) is 0 Å². The molecule has 0 saturated carbocycles. The van der Waals surface area contributed by atoms with Crippen molar-refractivity contribution in [3.63, 3.8) is 0 Å². The molecule has 4 heteroatoms. The molecule has 2 heterocycles. The molecule has 0 unspecified atom stereocenters. The number of nitrogens with one attached hydrogen (secondary N) is 1. The standard InChI is InChI=1S/C8H8ClN3.C2H6/c1-4-3-10-8-6(4)7(9)11-5(2)12-8;1-2/h3H,1-2H3,(H,10,11,12);1-2H3. The van der Waals surface area contributed by atoms with Gasteiger partial charge in [0, 0.05) is 6.20 Å². The molecule has 0 aliphatic carbocycles. The lowest BCUT2D eigenvalue weighted by molar-refractivity contribution is 1.08. The number of aryl methyl sites for hydroxylation is 2. The third-order valence-electron chi connectivity index (χ3n) is 1.80. The van der Waals surface area contributed by atoms with Crippen molar-refractivity contribution in [1.82, 2.24) is 15.0 Å². The minimum Gasteiger partial charge on any atom is -0.346 e. The van der Waals surface area contributed by atoms with Crippen LogP contribution >= 0.6 is 11.6 Å². The lowest BCUT2D eigenvalue weighted by Gasteiger charge is -1.95. The fourth-order valence-electron chi connectivity index (χ4n) is 1.24. The lowest BCUT2D eigenvalue weighted by Crippen LogP contribution is -1.88. The predicted molar refractivity (Wildman–Crippen MR) is 59.7 cm³/mol. The van der Waals surface area contributed by atoms with Gasteiger partial charge >= 0.3 is 0 Å². The minimum atomic E-state index is 0.524. The van der Waals surface area contributed by atoms with Crippen LogP contribution in [0.4, 0.5) is 0 Å². The summed E-state index contributed by atoms with van der Waals surface area (Å²) in [5.41, 5.74) is 1.89. The van der Waals surface area contributed by atoms with E-state index in [1.54, 1.807) is 0 Å². The van der Waals surface area contributed by atoms with Crippen LogP contribution in [0.25, 0.3) is 11.0 Å². The second-order valence-corrected chi connectivity index (χ2v) is 3.11. The molecule has 0 bridgehead atoms. The Morgan fingerprint density at radius 2 is 1.86 bits per heavy atom. The smallest absolute Gasteiger partial charge is 0.142 e. The van der Waals surface area contributed by atoms with Crippen molar-refractivity contribution >= 4 is 22.6 Å². The second-order valence-electron chi connectivity index (χ2n) is 2.76. The molecular weight excluding hydrogens is 198 g/mol. The molecule has 0 amide bonds. The first-order chi connectivity index (χ1) is 6.68. The van der Waals surface area contributed by atoms with Crippen LogP contribution in [0.5, 0.6) is 0 Å². The van der Waals surface area contributed by atoms with Crippen molar-refractivity contribution in [2.45, 2.75) is 27.7 Å². The molecule has 2 aromatic rings. The fraction of sp³-hybridized carbons (Fsp3) is 0.400. The van der Waals surface area contributed by atoms with Crippen molar-refractivity contribution in [2.24, 2.45) is 0 Å². The second kappa shape index (κ2) is 4.42. The molecule has 14 heavy (non-hydrogen) atoms. The van der Waals surface area contributed by atoms with Gasteiger partial charge in [0.1, 0.15) is 16.6 Å². The summed E-state index contributed by atoms with van der Waals surface area (Å²) in [5, 5.41) is 1.44. The Morgan fingerprint density at radius 1 is 1.21 bits per heavy atom. The quantitative estimate of drug-likeness (QED) is 0.680. The Hall–Kier alpha value is -1.09. The molecule has 0 aromatic carbocycles. The number of halogens is 1. The molecule has 2 aromatic heterocycles. The zero-order chi connectivity index (χ0) is 10.7. The van der Waals surface area contributed by atoms with Crippen molar-refractivity contribution in [3.8, 4) is 0 Å². The maximum absolute atomic E-state index is 5.94. The van der Waals surface area contributed by atoms with E-state index in [-0.39, 0.29) is 0 Å². The van der Waals surface area contributed by atoms with E-state index >= 15 is 0 Å². The third kappa shape index (κ3) is 1.87. The Bertz CT molecular complexity index is 434. The molecule has 76 valence electrons. The zero-order valence-electron chi connectivity index (χ0n) is 8.85. The van der Waals surface area contributed by atoms with Crippen LogP contribution in [0.2, 0.25) is 5.15 Å². The van der Waals surface area contributed by atoms with E-state index in [9.17, 15) is 0 Å². The molecule has 0 radical (unpaired) electrons. The number of H-pyrrole nitrogens is 1. The van der Waals surface area contributed by atoms with Gasteiger partial charge in [-0.2, -0.15) is 0 Å². The number of hydrogen-bond donors (Lipinski definition) is 1. The van der Waals surface area contributed by atoms with Crippen molar-refractivity contribution in [3.05, 3.63) is 22.7 Å². The number of fused-ring (bicyclic) bond motifs is 1. The van der Waals surface area contributed by atoms with Crippen molar-refractivity contribution < 1.29 is 0 Å². The first-order valence-electron chi connectivity index (χ1n) is 4.66. The van der Waals surface area contributed by atoms with E-state index in [0.717, 1.165) is 16.6 Å². The van der Waals surface area contributed by atoms with Gasteiger partial charge in [0.2, 0.25) is 0 Å². The molecule has 2 rings (SSSR count). The Labute approximate surface area is 88.5 Å². The van der Waals surface area contributed by atoms with Gasteiger partial charge in [-0.25, -0.2) is 9.97 Å². The number of nitrogens with zero attached hydrogens (tertiary/aromatic N) is 2. The van der Waals surface area contributed by atoms with Crippen LogP contribution in [-0.2, 0) is 0 Å². The maximum Gasteiger partial charge on any atom is 0.142 e. The highest BCUT2D eigenvalue weighted by Crippen LogP contribution is 2.22. The van der Waals surface area contributed by atoms with Crippen LogP contribution < -0.4 is 0 Å². The summed E-state index contributed by atoms with van der Waals surface area (Å²) in [7, 11) is 0. The molecule has 0 atom stereocenters. The fourth-order valence-corrected chi connectivity index (χ4v) is 1.60. The van der Waals surface area contributed by atoms with Gasteiger partial charge in [0.25, 0.3) is 0 Å². The maximum atomic E-state index is 5.94. The van der Waals surface area contributed by atoms with Gasteiger partial charge in [0.05, 0.1) is 5.39 Å². The first-order valence-corrected chi connectivity index (χ1v) is 5.04.